The fraction of sp³-hybridized carbons (Fsp3) is 0.0833. The van der Waals surface area contributed by atoms with Crippen LogP contribution in [-0.4, -0.2) is 12.8 Å². The molecule has 15 heavy (non-hydrogen) atoms. The summed E-state index contributed by atoms with van der Waals surface area (Å²) >= 11 is 0. The second-order valence-corrected chi connectivity index (χ2v) is 3.49. The van der Waals surface area contributed by atoms with Crippen molar-refractivity contribution in [3.8, 4) is 11.3 Å². The second-order valence-electron chi connectivity index (χ2n) is 3.49. The first kappa shape index (κ1) is 9.78. The maximum absolute atomic E-state index is 5.90. The molecule has 2 nitrogen and oxygen atoms in total. The first-order valence-electron chi connectivity index (χ1n) is 4.76. The van der Waals surface area contributed by atoms with Crippen LogP contribution >= 0.6 is 0 Å². The Hall–Kier alpha value is -1.77. The van der Waals surface area contributed by atoms with Crippen molar-refractivity contribution in [1.82, 2.24) is 4.98 Å². The highest BCUT2D eigenvalue weighted by Crippen LogP contribution is 2.22. The van der Waals surface area contributed by atoms with Crippen LogP contribution < -0.4 is 11.3 Å². The van der Waals surface area contributed by atoms with Crippen molar-refractivity contribution in [2.24, 2.45) is 0 Å². The first-order chi connectivity index (χ1) is 7.18. The molecule has 72 valence electrons. The van der Waals surface area contributed by atoms with Gasteiger partial charge in [-0.3, -0.25) is 4.98 Å². The zero-order chi connectivity index (χ0) is 10.8. The van der Waals surface area contributed by atoms with Gasteiger partial charge in [0.25, 0.3) is 0 Å². The van der Waals surface area contributed by atoms with Gasteiger partial charge in [0.05, 0.1) is 11.4 Å². The number of nitrogens with two attached hydrogens (primary N) is 1. The zero-order valence-corrected chi connectivity index (χ0v) is 8.57. The highest BCUT2D eigenvalue weighted by atomic mass is 14.7. The molecule has 2 rings (SSSR count). The largest absolute Gasteiger partial charge is 0.397 e. The van der Waals surface area contributed by atoms with E-state index in [9.17, 15) is 0 Å². The van der Waals surface area contributed by atoms with Crippen molar-refractivity contribution in [3.05, 3.63) is 42.0 Å². The van der Waals surface area contributed by atoms with Crippen LogP contribution in [0.25, 0.3) is 11.3 Å². The van der Waals surface area contributed by atoms with Crippen LogP contribution in [-0.2, 0) is 0 Å². The number of benzene rings is 1. The molecule has 0 aliphatic heterocycles. The molecule has 3 heteroatoms. The average molecular weight is 194 g/mol. The molecule has 0 unspecified atom stereocenters. The van der Waals surface area contributed by atoms with Crippen LogP contribution in [0, 0.1) is 6.92 Å². The Balaban J connectivity index is 2.59. The number of aromatic nitrogens is 1. The fourth-order valence-corrected chi connectivity index (χ4v) is 1.48. The predicted molar refractivity (Wildman–Crippen MR) is 64.2 cm³/mol. The number of nitrogens with zero attached hydrogens (tertiary/aromatic N) is 1. The van der Waals surface area contributed by atoms with Gasteiger partial charge in [0, 0.05) is 5.56 Å². The molecule has 0 amide bonds. The van der Waals surface area contributed by atoms with Crippen LogP contribution in [0.3, 0.4) is 0 Å². The minimum Gasteiger partial charge on any atom is -0.397 e. The normalized spacial score (nSPS) is 10.2. The smallest absolute Gasteiger partial charge is 0.142 e. The number of rotatable bonds is 1. The Morgan fingerprint density at radius 2 is 1.87 bits per heavy atom. The fourth-order valence-electron chi connectivity index (χ4n) is 1.48. The van der Waals surface area contributed by atoms with Crippen molar-refractivity contribution in [3.63, 3.8) is 0 Å². The van der Waals surface area contributed by atoms with Crippen molar-refractivity contribution >= 4 is 19.1 Å². The number of aryl methyl sites for hydroxylation is 1. The number of hydrogen-bond donors (Lipinski definition) is 1. The van der Waals surface area contributed by atoms with Gasteiger partial charge in [-0.05, 0) is 24.1 Å². The van der Waals surface area contributed by atoms with Gasteiger partial charge in [0.1, 0.15) is 7.85 Å². The van der Waals surface area contributed by atoms with Crippen molar-refractivity contribution in [2.45, 2.75) is 6.92 Å². The maximum atomic E-state index is 5.90. The number of pyridine rings is 1. The summed E-state index contributed by atoms with van der Waals surface area (Å²) in [5.41, 5.74) is 9.74. The zero-order valence-electron chi connectivity index (χ0n) is 8.57. The van der Waals surface area contributed by atoms with E-state index in [0.29, 0.717) is 11.3 Å². The molecule has 0 aliphatic rings. The molecule has 0 aliphatic carbocycles. The minimum atomic E-state index is 0.531. The average Bonchev–Trinajstić information content (AvgIpc) is 2.25. The summed E-state index contributed by atoms with van der Waals surface area (Å²) in [4.78, 5) is 4.30. The molecule has 1 aromatic carbocycles. The Kier molecular flexibility index (Phi) is 2.46. The van der Waals surface area contributed by atoms with E-state index in [4.69, 9.17) is 13.6 Å². The molecule has 0 spiro atoms. The first-order valence-corrected chi connectivity index (χ1v) is 4.76. The van der Waals surface area contributed by atoms with Crippen molar-refractivity contribution < 1.29 is 0 Å². The summed E-state index contributed by atoms with van der Waals surface area (Å²) in [6.45, 7) is 1.90. The molecule has 0 bridgehead atoms. The van der Waals surface area contributed by atoms with Gasteiger partial charge in [-0.2, -0.15) is 0 Å². The molecule has 0 atom stereocenters. The monoisotopic (exact) mass is 194 g/mol. The molecule has 2 N–H and O–H groups in total. The third-order valence-electron chi connectivity index (χ3n) is 2.33. The van der Waals surface area contributed by atoms with Crippen LogP contribution in [0.1, 0.15) is 5.56 Å². The van der Waals surface area contributed by atoms with E-state index in [1.54, 1.807) is 0 Å². The highest BCUT2D eigenvalue weighted by molar-refractivity contribution is 6.31. The van der Waals surface area contributed by atoms with E-state index in [2.05, 4.69) is 4.98 Å². The third kappa shape index (κ3) is 1.86. The van der Waals surface area contributed by atoms with Crippen LogP contribution in [0.15, 0.2) is 36.4 Å². The highest BCUT2D eigenvalue weighted by Gasteiger charge is 2.05. The lowest BCUT2D eigenvalue weighted by Gasteiger charge is -2.08. The van der Waals surface area contributed by atoms with Gasteiger partial charge in [-0.15, -0.1) is 0 Å². The summed E-state index contributed by atoms with van der Waals surface area (Å²) in [6, 6.07) is 11.6. The van der Waals surface area contributed by atoms with Crippen molar-refractivity contribution in [1.29, 1.82) is 0 Å². The van der Waals surface area contributed by atoms with Gasteiger partial charge in [-0.25, -0.2) is 0 Å². The van der Waals surface area contributed by atoms with Crippen LogP contribution in [0.5, 0.6) is 0 Å². The van der Waals surface area contributed by atoms with Gasteiger partial charge < -0.3 is 5.73 Å². The lowest BCUT2D eigenvalue weighted by Crippen LogP contribution is -2.14. The molecule has 1 heterocycles. The van der Waals surface area contributed by atoms with E-state index in [-0.39, 0.29) is 0 Å². The Bertz CT molecular complexity index is 480. The molecule has 1 aromatic heterocycles. The van der Waals surface area contributed by atoms with Crippen LogP contribution in [0.2, 0.25) is 0 Å². The molecule has 2 aromatic rings. The molecule has 0 saturated carbocycles. The summed E-state index contributed by atoms with van der Waals surface area (Å²) in [5.74, 6) is 0. The molecule has 0 fully saturated rings. The van der Waals surface area contributed by atoms with E-state index in [1.807, 2.05) is 43.3 Å². The molecular formula is C12H11BN2. The van der Waals surface area contributed by atoms with Gasteiger partial charge in [0.15, 0.2) is 0 Å². The van der Waals surface area contributed by atoms with Gasteiger partial charge in [0.2, 0.25) is 0 Å². The Morgan fingerprint density at radius 1 is 1.20 bits per heavy atom. The Labute approximate surface area is 90.6 Å². The standard InChI is InChI=1S/C12H11BN2/c1-8-7-10(14)11(15-12(8)13)9-5-3-2-4-6-9/h2-7H,14H2,1H3. The number of anilines is 1. The van der Waals surface area contributed by atoms with E-state index in [1.165, 1.54) is 0 Å². The molecule has 2 radical (unpaired) electrons. The second kappa shape index (κ2) is 3.77. The third-order valence-corrected chi connectivity index (χ3v) is 2.33. The van der Waals surface area contributed by atoms with E-state index in [0.717, 1.165) is 16.8 Å². The summed E-state index contributed by atoms with van der Waals surface area (Å²) in [6.07, 6.45) is 0. The van der Waals surface area contributed by atoms with Crippen molar-refractivity contribution in [2.75, 3.05) is 5.73 Å². The SMILES string of the molecule is [B]c1nc(-c2ccccc2)c(N)cc1C. The maximum Gasteiger partial charge on any atom is 0.142 e. The number of hydrogen-bond acceptors (Lipinski definition) is 2. The minimum absolute atomic E-state index is 0.531. The summed E-state index contributed by atoms with van der Waals surface area (Å²) in [7, 11) is 5.76. The van der Waals surface area contributed by atoms with Gasteiger partial charge in [-0.1, -0.05) is 30.3 Å². The Morgan fingerprint density at radius 3 is 2.53 bits per heavy atom. The molecule has 0 saturated heterocycles. The van der Waals surface area contributed by atoms with E-state index >= 15 is 0 Å². The summed E-state index contributed by atoms with van der Waals surface area (Å²) in [5, 5.41) is 0. The lowest BCUT2D eigenvalue weighted by atomic mass is 9.96. The van der Waals surface area contributed by atoms with E-state index < -0.39 is 0 Å². The predicted octanol–water partition coefficient (Wildman–Crippen LogP) is 1.43. The topological polar surface area (TPSA) is 38.9 Å². The van der Waals surface area contributed by atoms with Gasteiger partial charge >= 0.3 is 0 Å². The van der Waals surface area contributed by atoms with Crippen LogP contribution in [0.4, 0.5) is 5.69 Å². The molecular weight excluding hydrogens is 183 g/mol. The quantitative estimate of drug-likeness (QED) is 0.697. The number of nitrogen functional groups attached to an aromatic ring is 1. The summed E-state index contributed by atoms with van der Waals surface area (Å²) < 4.78 is 0. The lowest BCUT2D eigenvalue weighted by molar-refractivity contribution is 1.33.